The molecule has 1 aromatic carbocycles. The van der Waals surface area contributed by atoms with Crippen LogP contribution in [-0.2, 0) is 13.2 Å². The average molecular weight is 245 g/mol. The Morgan fingerprint density at radius 2 is 1.72 bits per heavy atom. The van der Waals surface area contributed by atoms with Crippen LogP contribution in [-0.4, -0.2) is 22.2 Å². The molecule has 5 heteroatoms. The molecule has 0 aliphatic carbocycles. The number of anilines is 1. The monoisotopic (exact) mass is 245 g/mol. The fraction of sp³-hybridized carbons (Fsp3) is 0.231. The van der Waals surface area contributed by atoms with Crippen molar-refractivity contribution in [3.8, 4) is 5.75 Å². The standard InChI is InChI=1S/C13H15N3O2/c1-18-12-7-15-13(16-8-12)14-6-10-2-4-11(9-17)5-3-10/h2-5,7-8,17H,6,9H2,1H3,(H,14,15,16). The van der Waals surface area contributed by atoms with Crippen LogP contribution in [0.25, 0.3) is 0 Å². The molecule has 0 bridgehead atoms. The van der Waals surface area contributed by atoms with Crippen LogP contribution in [0.2, 0.25) is 0 Å². The first-order valence-electron chi connectivity index (χ1n) is 5.60. The second-order valence-electron chi connectivity index (χ2n) is 3.77. The van der Waals surface area contributed by atoms with Crippen LogP contribution in [0.5, 0.6) is 5.75 Å². The lowest BCUT2D eigenvalue weighted by molar-refractivity contribution is 0.282. The number of hydrogen-bond donors (Lipinski definition) is 2. The van der Waals surface area contributed by atoms with Gasteiger partial charge in [-0.15, -0.1) is 0 Å². The fourth-order valence-corrected chi connectivity index (χ4v) is 1.46. The van der Waals surface area contributed by atoms with Crippen molar-refractivity contribution < 1.29 is 9.84 Å². The Bertz CT molecular complexity index is 435. The molecule has 0 spiro atoms. The quantitative estimate of drug-likeness (QED) is 0.837. The van der Waals surface area contributed by atoms with Gasteiger partial charge in [-0.1, -0.05) is 24.3 Å². The van der Waals surface area contributed by atoms with E-state index in [2.05, 4.69) is 15.3 Å². The summed E-state index contributed by atoms with van der Waals surface area (Å²) in [7, 11) is 1.58. The van der Waals surface area contributed by atoms with Crippen LogP contribution in [0, 0.1) is 0 Å². The Labute approximate surface area is 105 Å². The third kappa shape index (κ3) is 3.18. The molecule has 0 saturated heterocycles. The Kier molecular flexibility index (Phi) is 4.09. The van der Waals surface area contributed by atoms with Crippen molar-refractivity contribution in [3.05, 3.63) is 47.8 Å². The van der Waals surface area contributed by atoms with Crippen molar-refractivity contribution >= 4 is 5.95 Å². The summed E-state index contributed by atoms with van der Waals surface area (Å²) in [5.74, 6) is 1.19. The van der Waals surface area contributed by atoms with Gasteiger partial charge in [0.2, 0.25) is 5.95 Å². The smallest absolute Gasteiger partial charge is 0.223 e. The maximum atomic E-state index is 8.94. The molecule has 2 N–H and O–H groups in total. The summed E-state index contributed by atoms with van der Waals surface area (Å²) in [4.78, 5) is 8.22. The van der Waals surface area contributed by atoms with Gasteiger partial charge in [0.15, 0.2) is 5.75 Å². The van der Waals surface area contributed by atoms with Gasteiger partial charge >= 0.3 is 0 Å². The molecule has 94 valence electrons. The van der Waals surface area contributed by atoms with Gasteiger partial charge in [0, 0.05) is 6.54 Å². The number of methoxy groups -OCH3 is 1. The number of nitrogens with one attached hydrogen (secondary N) is 1. The summed E-state index contributed by atoms with van der Waals surface area (Å²) >= 11 is 0. The SMILES string of the molecule is COc1cnc(NCc2ccc(CO)cc2)nc1. The third-order valence-corrected chi connectivity index (χ3v) is 2.52. The van der Waals surface area contributed by atoms with Crippen molar-refractivity contribution in [1.82, 2.24) is 9.97 Å². The van der Waals surface area contributed by atoms with Crippen LogP contribution < -0.4 is 10.1 Å². The lowest BCUT2D eigenvalue weighted by Crippen LogP contribution is -2.03. The van der Waals surface area contributed by atoms with E-state index in [0.717, 1.165) is 11.1 Å². The van der Waals surface area contributed by atoms with E-state index in [-0.39, 0.29) is 6.61 Å². The minimum absolute atomic E-state index is 0.0648. The molecular weight excluding hydrogens is 230 g/mol. The highest BCUT2D eigenvalue weighted by atomic mass is 16.5. The van der Waals surface area contributed by atoms with E-state index in [4.69, 9.17) is 9.84 Å². The van der Waals surface area contributed by atoms with E-state index in [0.29, 0.717) is 18.2 Å². The van der Waals surface area contributed by atoms with E-state index < -0.39 is 0 Å². The van der Waals surface area contributed by atoms with Crippen LogP contribution in [0.3, 0.4) is 0 Å². The van der Waals surface area contributed by atoms with Gasteiger partial charge in [-0.25, -0.2) is 9.97 Å². The molecule has 1 heterocycles. The predicted molar refractivity (Wildman–Crippen MR) is 68.3 cm³/mol. The zero-order chi connectivity index (χ0) is 12.8. The highest BCUT2D eigenvalue weighted by molar-refractivity contribution is 5.30. The van der Waals surface area contributed by atoms with Crippen LogP contribution in [0.4, 0.5) is 5.95 Å². The van der Waals surface area contributed by atoms with Gasteiger partial charge in [0.05, 0.1) is 26.1 Å². The first-order chi connectivity index (χ1) is 8.81. The number of nitrogens with zero attached hydrogens (tertiary/aromatic N) is 2. The average Bonchev–Trinajstić information content (AvgIpc) is 2.46. The van der Waals surface area contributed by atoms with Gasteiger partial charge in [0.1, 0.15) is 0 Å². The maximum absolute atomic E-state index is 8.94. The fourth-order valence-electron chi connectivity index (χ4n) is 1.46. The zero-order valence-electron chi connectivity index (χ0n) is 10.1. The molecule has 5 nitrogen and oxygen atoms in total. The van der Waals surface area contributed by atoms with Gasteiger partial charge < -0.3 is 15.2 Å². The first kappa shape index (κ1) is 12.3. The van der Waals surface area contributed by atoms with Crippen molar-refractivity contribution in [1.29, 1.82) is 0 Å². The van der Waals surface area contributed by atoms with Crippen molar-refractivity contribution in [2.24, 2.45) is 0 Å². The van der Waals surface area contributed by atoms with Gasteiger partial charge in [-0.2, -0.15) is 0 Å². The van der Waals surface area contributed by atoms with Crippen molar-refractivity contribution in [2.75, 3.05) is 12.4 Å². The highest BCUT2D eigenvalue weighted by Crippen LogP contribution is 2.09. The number of rotatable bonds is 5. The van der Waals surface area contributed by atoms with Crippen LogP contribution in [0.1, 0.15) is 11.1 Å². The molecule has 2 rings (SSSR count). The molecule has 0 unspecified atom stereocenters. The van der Waals surface area contributed by atoms with Gasteiger partial charge in [-0.3, -0.25) is 0 Å². The topological polar surface area (TPSA) is 67.3 Å². The highest BCUT2D eigenvalue weighted by Gasteiger charge is 1.98. The molecule has 2 aromatic rings. The molecule has 0 radical (unpaired) electrons. The summed E-state index contributed by atoms with van der Waals surface area (Å²) in [6, 6.07) is 7.71. The maximum Gasteiger partial charge on any atom is 0.223 e. The molecule has 0 amide bonds. The molecular formula is C13H15N3O2. The molecule has 1 aromatic heterocycles. The summed E-state index contributed by atoms with van der Waals surface area (Å²) in [5, 5.41) is 12.0. The second kappa shape index (κ2) is 5.97. The normalized spacial score (nSPS) is 10.1. The Morgan fingerprint density at radius 1 is 1.11 bits per heavy atom. The number of aliphatic hydroxyl groups excluding tert-OH is 1. The summed E-state index contributed by atoms with van der Waals surface area (Å²) in [5.41, 5.74) is 2.01. The van der Waals surface area contributed by atoms with E-state index in [1.807, 2.05) is 24.3 Å². The van der Waals surface area contributed by atoms with Crippen LogP contribution >= 0.6 is 0 Å². The summed E-state index contributed by atoms with van der Waals surface area (Å²) in [6.07, 6.45) is 3.23. The van der Waals surface area contributed by atoms with Crippen LogP contribution in [0.15, 0.2) is 36.7 Å². The van der Waals surface area contributed by atoms with Gasteiger partial charge in [-0.05, 0) is 11.1 Å². The Hall–Kier alpha value is -2.14. The zero-order valence-corrected chi connectivity index (χ0v) is 10.1. The first-order valence-corrected chi connectivity index (χ1v) is 5.60. The lowest BCUT2D eigenvalue weighted by Gasteiger charge is -2.06. The number of aromatic nitrogens is 2. The number of benzene rings is 1. The molecule has 0 aliphatic heterocycles. The molecule has 18 heavy (non-hydrogen) atoms. The Morgan fingerprint density at radius 3 is 2.28 bits per heavy atom. The lowest BCUT2D eigenvalue weighted by atomic mass is 10.1. The molecule has 0 saturated carbocycles. The minimum atomic E-state index is 0.0648. The molecule has 0 aliphatic rings. The Balaban J connectivity index is 1.93. The largest absolute Gasteiger partial charge is 0.494 e. The van der Waals surface area contributed by atoms with E-state index >= 15 is 0 Å². The van der Waals surface area contributed by atoms with E-state index in [1.54, 1.807) is 19.5 Å². The minimum Gasteiger partial charge on any atom is -0.494 e. The third-order valence-electron chi connectivity index (χ3n) is 2.52. The summed E-state index contributed by atoms with van der Waals surface area (Å²) in [6.45, 7) is 0.702. The predicted octanol–water partition coefficient (Wildman–Crippen LogP) is 1.59. The van der Waals surface area contributed by atoms with E-state index in [9.17, 15) is 0 Å². The molecule has 0 atom stereocenters. The summed E-state index contributed by atoms with van der Waals surface area (Å²) < 4.78 is 4.98. The number of aliphatic hydroxyl groups is 1. The number of ether oxygens (including phenoxy) is 1. The van der Waals surface area contributed by atoms with Crippen molar-refractivity contribution in [3.63, 3.8) is 0 Å². The van der Waals surface area contributed by atoms with E-state index in [1.165, 1.54) is 0 Å². The molecule has 0 fully saturated rings. The van der Waals surface area contributed by atoms with Crippen molar-refractivity contribution in [2.45, 2.75) is 13.2 Å². The second-order valence-corrected chi connectivity index (χ2v) is 3.77. The number of hydrogen-bond acceptors (Lipinski definition) is 5. The van der Waals surface area contributed by atoms with Gasteiger partial charge in [0.25, 0.3) is 0 Å².